The SMILES string of the molecule is CC(C)n1nc(-c2noc(C3CC3)c2-c2ncc(C3CCN(COCCC4CCC(N5CCN(c6cc7c(cc6F)c(N6CCC(=O)NC6=O)nn7C)CC5)CC4)CC3)cn2)c2c(N)ncnc21. The predicted molar refractivity (Wildman–Crippen MR) is 253 cm³/mol. The van der Waals surface area contributed by atoms with Gasteiger partial charge in [0.1, 0.15) is 29.4 Å². The fraction of sp³-hybridized carbons (Fsp3) is 0.562. The van der Waals surface area contributed by atoms with E-state index in [4.69, 9.17) is 30.1 Å². The molecule has 0 radical (unpaired) electrons. The van der Waals surface area contributed by atoms with Gasteiger partial charge in [0.15, 0.2) is 23.0 Å². The summed E-state index contributed by atoms with van der Waals surface area (Å²) >= 11 is 0. The number of ether oxygens (including phenoxy) is 1. The number of nitrogens with zero attached hydrogens (tertiary/aromatic N) is 13. The number of nitrogens with two attached hydrogens (primary N) is 1. The number of benzene rings is 1. The zero-order valence-corrected chi connectivity index (χ0v) is 39.1. The zero-order valence-electron chi connectivity index (χ0n) is 39.1. The van der Waals surface area contributed by atoms with Gasteiger partial charge in [0, 0.05) is 102 Å². The number of carbonyl (C=O) groups is 2. The number of piperidine rings is 1. The molecule has 2 aliphatic carbocycles. The summed E-state index contributed by atoms with van der Waals surface area (Å²) in [7, 11) is 1.80. The normalized spacial score (nSPS) is 21.5. The van der Waals surface area contributed by atoms with Crippen molar-refractivity contribution in [2.75, 3.05) is 74.7 Å². The van der Waals surface area contributed by atoms with Crippen molar-refractivity contribution in [3.05, 3.63) is 48.0 Å². The second-order valence-corrected chi connectivity index (χ2v) is 19.7. The van der Waals surface area contributed by atoms with Gasteiger partial charge in [0.25, 0.3) is 0 Å². The van der Waals surface area contributed by atoms with Crippen LogP contribution in [0.5, 0.6) is 0 Å². The first-order valence-corrected chi connectivity index (χ1v) is 24.5. The standard InChI is InChI=1S/C48H60FN15O4/c1-28(2)64-47-40(44(50)53-26-54-47)41(56-64)42-39(43(68-58-42)31-6-7-31)45-51-24-32(25-52-45)30-10-14-60(15-11-30)27-67-21-13-29-4-8-33(9-5-29)61-17-19-62(20-18-61)37-23-36-34(22-35(37)49)46(57-59(36)3)63-16-12-38(65)55-48(63)66/h22-26,28-31,33H,4-21,27H2,1-3H3,(H2,50,53,54)(H,55,65,66). The lowest BCUT2D eigenvalue weighted by Crippen LogP contribution is -2.51. The molecule has 5 fully saturated rings. The maximum atomic E-state index is 15.7. The van der Waals surface area contributed by atoms with Crippen molar-refractivity contribution in [2.45, 2.75) is 102 Å². The molecule has 0 spiro atoms. The highest BCUT2D eigenvalue weighted by atomic mass is 19.1. The van der Waals surface area contributed by atoms with E-state index in [0.29, 0.717) is 75.6 Å². The fourth-order valence-electron chi connectivity index (χ4n) is 10.9. The summed E-state index contributed by atoms with van der Waals surface area (Å²) in [4.78, 5) is 51.4. The van der Waals surface area contributed by atoms with Crippen molar-refractivity contribution in [2.24, 2.45) is 13.0 Å². The molecule has 1 aromatic carbocycles. The summed E-state index contributed by atoms with van der Waals surface area (Å²) in [6, 6.07) is 3.41. The third-order valence-electron chi connectivity index (χ3n) is 15.0. The van der Waals surface area contributed by atoms with Gasteiger partial charge in [0.2, 0.25) is 5.91 Å². The van der Waals surface area contributed by atoms with Gasteiger partial charge in [0.05, 0.1) is 28.9 Å². The number of aromatic nitrogens is 9. The van der Waals surface area contributed by atoms with E-state index in [1.807, 2.05) is 23.1 Å². The molecule has 20 heteroatoms. The number of rotatable bonds is 13. The van der Waals surface area contributed by atoms with Crippen molar-refractivity contribution in [1.29, 1.82) is 0 Å². The Morgan fingerprint density at radius 2 is 1.65 bits per heavy atom. The molecule has 2 saturated carbocycles. The minimum absolute atomic E-state index is 0.0527. The van der Waals surface area contributed by atoms with E-state index in [1.165, 1.54) is 43.0 Å². The summed E-state index contributed by atoms with van der Waals surface area (Å²) in [6.45, 7) is 11.0. The van der Waals surface area contributed by atoms with E-state index >= 15 is 4.39 Å². The molecule has 19 nitrogen and oxygen atoms in total. The van der Waals surface area contributed by atoms with Crippen molar-refractivity contribution in [3.8, 4) is 22.8 Å². The van der Waals surface area contributed by atoms with Crippen LogP contribution in [0.1, 0.15) is 107 Å². The minimum Gasteiger partial charge on any atom is -0.383 e. The van der Waals surface area contributed by atoms with E-state index in [-0.39, 0.29) is 36.6 Å². The van der Waals surface area contributed by atoms with Gasteiger partial charge in [-0.15, -0.1) is 0 Å². The average Bonchev–Trinajstić information content (AvgIpc) is 3.85. The number of halogens is 1. The van der Waals surface area contributed by atoms with Crippen molar-refractivity contribution in [1.82, 2.24) is 59.8 Å². The van der Waals surface area contributed by atoms with Crippen LogP contribution in [0.25, 0.3) is 44.7 Å². The third kappa shape index (κ3) is 8.54. The molecular weight excluding hydrogens is 870 g/mol. The fourth-order valence-corrected chi connectivity index (χ4v) is 10.9. The van der Waals surface area contributed by atoms with Crippen LogP contribution in [0.4, 0.5) is 26.5 Å². The summed E-state index contributed by atoms with van der Waals surface area (Å²) in [6.07, 6.45) is 15.6. The van der Waals surface area contributed by atoms with Crippen LogP contribution in [0.15, 0.2) is 35.4 Å². The monoisotopic (exact) mass is 929 g/mol. The number of urea groups is 1. The molecular formula is C48H60FN15O4. The Balaban J connectivity index is 0.622. The number of aryl methyl sites for hydroxylation is 1. The zero-order chi connectivity index (χ0) is 46.6. The molecule has 358 valence electrons. The first-order valence-electron chi connectivity index (χ1n) is 24.5. The van der Waals surface area contributed by atoms with Crippen LogP contribution in [-0.2, 0) is 16.6 Å². The van der Waals surface area contributed by atoms with E-state index < -0.39 is 6.03 Å². The molecule has 0 bridgehead atoms. The van der Waals surface area contributed by atoms with Crippen molar-refractivity contribution in [3.63, 3.8) is 0 Å². The summed E-state index contributed by atoms with van der Waals surface area (Å²) in [5.41, 5.74) is 11.4. The Hall–Kier alpha value is -6.12. The number of nitrogen functional groups attached to an aromatic ring is 1. The Bertz CT molecular complexity index is 2810. The van der Waals surface area contributed by atoms with Gasteiger partial charge < -0.3 is 19.9 Å². The van der Waals surface area contributed by atoms with Crippen LogP contribution in [-0.4, -0.2) is 132 Å². The lowest BCUT2D eigenvalue weighted by atomic mass is 9.83. The van der Waals surface area contributed by atoms with Gasteiger partial charge in [-0.3, -0.25) is 29.5 Å². The molecule has 3 saturated heterocycles. The number of likely N-dealkylation sites (tertiary alicyclic amines) is 1. The van der Waals surface area contributed by atoms with Crippen LogP contribution >= 0.6 is 0 Å². The summed E-state index contributed by atoms with van der Waals surface area (Å²) in [5.74, 6) is 2.78. The minimum atomic E-state index is -0.531. The molecule has 0 atom stereocenters. The van der Waals surface area contributed by atoms with Gasteiger partial charge in [-0.05, 0) is 101 Å². The molecule has 6 aromatic rings. The van der Waals surface area contributed by atoms with Gasteiger partial charge in [-0.2, -0.15) is 10.2 Å². The lowest BCUT2D eigenvalue weighted by Gasteiger charge is -2.42. The first kappa shape index (κ1) is 44.4. The smallest absolute Gasteiger partial charge is 0.329 e. The molecule has 11 rings (SSSR count). The second-order valence-electron chi connectivity index (χ2n) is 19.7. The highest BCUT2D eigenvalue weighted by Crippen LogP contribution is 2.48. The molecule has 3 aliphatic heterocycles. The van der Waals surface area contributed by atoms with Crippen LogP contribution in [0.3, 0.4) is 0 Å². The number of amides is 3. The largest absolute Gasteiger partial charge is 0.383 e. The molecule has 8 heterocycles. The maximum Gasteiger partial charge on any atom is 0.329 e. The second kappa shape index (κ2) is 18.4. The topological polar surface area (TPSA) is 208 Å². The van der Waals surface area contributed by atoms with Gasteiger partial charge in [-0.25, -0.2) is 33.8 Å². The Labute approximate surface area is 393 Å². The van der Waals surface area contributed by atoms with E-state index in [9.17, 15) is 9.59 Å². The number of imide groups is 1. The number of nitrogens with one attached hydrogen (secondary N) is 1. The molecule has 5 aliphatic rings. The number of hydrogen-bond acceptors (Lipinski definition) is 15. The maximum absolute atomic E-state index is 15.7. The summed E-state index contributed by atoms with van der Waals surface area (Å²) < 4.78 is 31.5. The van der Waals surface area contributed by atoms with Crippen LogP contribution < -0.4 is 20.9 Å². The first-order chi connectivity index (χ1) is 33.1. The molecule has 5 aromatic heterocycles. The number of fused-ring (bicyclic) bond motifs is 2. The van der Waals surface area contributed by atoms with Crippen LogP contribution in [0, 0.1) is 11.7 Å². The number of hydrogen-bond donors (Lipinski definition) is 2. The number of anilines is 3. The Morgan fingerprint density at radius 1 is 0.882 bits per heavy atom. The van der Waals surface area contributed by atoms with E-state index in [0.717, 1.165) is 100 Å². The molecule has 0 unspecified atom stereocenters. The molecule has 3 amide bonds. The van der Waals surface area contributed by atoms with Crippen molar-refractivity contribution < 1.29 is 23.2 Å². The predicted octanol–water partition coefficient (Wildman–Crippen LogP) is 6.38. The number of piperazine rings is 1. The highest BCUT2D eigenvalue weighted by molar-refractivity contribution is 6.09. The highest BCUT2D eigenvalue weighted by Gasteiger charge is 2.37. The van der Waals surface area contributed by atoms with E-state index in [1.54, 1.807) is 11.7 Å². The molecule has 68 heavy (non-hydrogen) atoms. The lowest BCUT2D eigenvalue weighted by molar-refractivity contribution is -0.120. The Kier molecular flexibility index (Phi) is 12.0. The average molecular weight is 930 g/mol. The van der Waals surface area contributed by atoms with E-state index in [2.05, 4.69) is 54.1 Å². The number of carbonyl (C=O) groups excluding carboxylic acids is 2. The van der Waals surface area contributed by atoms with Gasteiger partial charge >= 0.3 is 6.03 Å². The summed E-state index contributed by atoms with van der Waals surface area (Å²) in [5, 5.41) is 17.5. The molecule has 3 N–H and O–H groups in total. The van der Waals surface area contributed by atoms with Crippen LogP contribution in [0.2, 0.25) is 0 Å². The quantitative estimate of drug-likeness (QED) is 0.121. The third-order valence-corrected chi connectivity index (χ3v) is 15.0. The Morgan fingerprint density at radius 3 is 2.37 bits per heavy atom. The van der Waals surface area contributed by atoms with Crippen molar-refractivity contribution >= 4 is 51.2 Å². The van der Waals surface area contributed by atoms with Gasteiger partial charge in [-0.1, -0.05) is 5.16 Å².